The largest absolute Gasteiger partial charge is 0.393 e. The van der Waals surface area contributed by atoms with E-state index in [1.165, 1.54) is 6.42 Å². The normalized spacial score (nSPS) is 23.2. The maximum atomic E-state index is 11.5. The first kappa shape index (κ1) is 15.2. The van der Waals surface area contributed by atoms with Gasteiger partial charge in [-0.15, -0.1) is 0 Å². The predicted molar refractivity (Wildman–Crippen MR) is 78.5 cm³/mol. The molecule has 1 aromatic rings. The zero-order valence-electron chi connectivity index (χ0n) is 12.4. The van der Waals surface area contributed by atoms with Gasteiger partial charge in [0.25, 0.3) is 5.56 Å². The Hall–Kier alpha value is -1.20. The van der Waals surface area contributed by atoms with E-state index < -0.39 is 0 Å². The molecule has 0 bridgehead atoms. The van der Waals surface area contributed by atoms with E-state index in [0.717, 1.165) is 37.9 Å². The SMILES string of the molecule is CCc1cc(=O)[nH]c(CN(C)CC2CCCCC2O)n1. The molecule has 0 saturated heterocycles. The molecule has 2 atom stereocenters. The van der Waals surface area contributed by atoms with Gasteiger partial charge in [-0.2, -0.15) is 0 Å². The molecule has 5 nitrogen and oxygen atoms in total. The molecule has 2 unspecified atom stereocenters. The number of aromatic amines is 1. The van der Waals surface area contributed by atoms with Crippen LogP contribution in [0.5, 0.6) is 0 Å². The molecule has 5 heteroatoms. The number of aliphatic hydroxyl groups excluding tert-OH is 1. The smallest absolute Gasteiger partial charge is 0.251 e. The summed E-state index contributed by atoms with van der Waals surface area (Å²) in [6.45, 7) is 3.46. The van der Waals surface area contributed by atoms with Gasteiger partial charge in [0.05, 0.1) is 12.6 Å². The lowest BCUT2D eigenvalue weighted by atomic mass is 9.86. The predicted octanol–water partition coefficient (Wildman–Crippen LogP) is 1.32. The Bertz CT molecular complexity index is 486. The van der Waals surface area contributed by atoms with E-state index in [1.807, 2.05) is 14.0 Å². The number of nitrogens with zero attached hydrogens (tertiary/aromatic N) is 2. The molecule has 1 fully saturated rings. The van der Waals surface area contributed by atoms with Gasteiger partial charge in [0, 0.05) is 18.3 Å². The molecule has 1 aliphatic carbocycles. The molecular formula is C15H25N3O2. The van der Waals surface area contributed by atoms with E-state index in [4.69, 9.17) is 0 Å². The first-order chi connectivity index (χ1) is 9.58. The Morgan fingerprint density at radius 3 is 2.90 bits per heavy atom. The summed E-state index contributed by atoms with van der Waals surface area (Å²) in [6.07, 6.45) is 4.93. The minimum atomic E-state index is -0.180. The molecule has 1 heterocycles. The topological polar surface area (TPSA) is 69.2 Å². The Morgan fingerprint density at radius 1 is 1.45 bits per heavy atom. The molecule has 0 spiro atoms. The third kappa shape index (κ3) is 4.15. The second-order valence-electron chi connectivity index (χ2n) is 5.85. The van der Waals surface area contributed by atoms with Crippen LogP contribution in [-0.4, -0.2) is 39.7 Å². The van der Waals surface area contributed by atoms with Crippen molar-refractivity contribution in [3.05, 3.63) is 27.9 Å². The molecular weight excluding hydrogens is 254 g/mol. The van der Waals surface area contributed by atoms with Crippen LogP contribution in [-0.2, 0) is 13.0 Å². The van der Waals surface area contributed by atoms with Gasteiger partial charge in [-0.25, -0.2) is 4.98 Å². The minimum absolute atomic E-state index is 0.0852. The number of H-pyrrole nitrogens is 1. The number of aliphatic hydroxyl groups is 1. The highest BCUT2D eigenvalue weighted by molar-refractivity contribution is 5.02. The molecule has 2 N–H and O–H groups in total. The standard InChI is InChI=1S/C15H25N3O2/c1-3-12-8-15(20)17-14(16-12)10-18(2)9-11-6-4-5-7-13(11)19/h8,11,13,19H,3-7,9-10H2,1-2H3,(H,16,17,20). The molecule has 1 saturated carbocycles. The van der Waals surface area contributed by atoms with Crippen molar-refractivity contribution in [3.8, 4) is 0 Å². The molecule has 0 radical (unpaired) electrons. The molecule has 0 amide bonds. The van der Waals surface area contributed by atoms with Crippen molar-refractivity contribution in [2.24, 2.45) is 5.92 Å². The highest BCUT2D eigenvalue weighted by atomic mass is 16.3. The van der Waals surface area contributed by atoms with Crippen molar-refractivity contribution in [2.75, 3.05) is 13.6 Å². The van der Waals surface area contributed by atoms with Gasteiger partial charge in [-0.1, -0.05) is 19.8 Å². The molecule has 1 aliphatic rings. The summed E-state index contributed by atoms with van der Waals surface area (Å²) in [5, 5.41) is 10.0. The Morgan fingerprint density at radius 2 is 2.20 bits per heavy atom. The molecule has 1 aromatic heterocycles. The second kappa shape index (κ2) is 6.99. The number of rotatable bonds is 5. The Balaban J connectivity index is 1.95. The average Bonchev–Trinajstić information content (AvgIpc) is 2.40. The van der Waals surface area contributed by atoms with Crippen LogP contribution in [0.25, 0.3) is 0 Å². The maximum Gasteiger partial charge on any atom is 0.251 e. The maximum absolute atomic E-state index is 11.5. The lowest BCUT2D eigenvalue weighted by Crippen LogP contribution is -2.35. The van der Waals surface area contributed by atoms with Gasteiger partial charge in [0.1, 0.15) is 5.82 Å². The molecule has 0 aliphatic heterocycles. The molecule has 20 heavy (non-hydrogen) atoms. The number of aromatic nitrogens is 2. The van der Waals surface area contributed by atoms with Crippen molar-refractivity contribution in [1.82, 2.24) is 14.9 Å². The fourth-order valence-electron chi connectivity index (χ4n) is 2.94. The van der Waals surface area contributed by atoms with E-state index in [0.29, 0.717) is 18.3 Å². The van der Waals surface area contributed by atoms with E-state index in [9.17, 15) is 9.90 Å². The van der Waals surface area contributed by atoms with Crippen LogP contribution in [0.3, 0.4) is 0 Å². The summed E-state index contributed by atoms with van der Waals surface area (Å²) in [5.41, 5.74) is 0.743. The fourth-order valence-corrected chi connectivity index (χ4v) is 2.94. The van der Waals surface area contributed by atoms with E-state index >= 15 is 0 Å². The first-order valence-corrected chi connectivity index (χ1v) is 7.54. The van der Waals surface area contributed by atoms with Gasteiger partial charge in [0.15, 0.2) is 0 Å². The number of hydrogen-bond donors (Lipinski definition) is 2. The summed E-state index contributed by atoms with van der Waals surface area (Å²) < 4.78 is 0. The van der Waals surface area contributed by atoms with Crippen LogP contribution < -0.4 is 5.56 Å². The molecule has 112 valence electrons. The van der Waals surface area contributed by atoms with Gasteiger partial charge in [-0.05, 0) is 32.2 Å². The van der Waals surface area contributed by atoms with Crippen molar-refractivity contribution in [2.45, 2.75) is 51.7 Å². The fraction of sp³-hybridized carbons (Fsp3) is 0.733. The van der Waals surface area contributed by atoms with E-state index in [2.05, 4.69) is 14.9 Å². The van der Waals surface area contributed by atoms with Crippen molar-refractivity contribution in [3.63, 3.8) is 0 Å². The van der Waals surface area contributed by atoms with Crippen LogP contribution in [0, 0.1) is 5.92 Å². The monoisotopic (exact) mass is 279 g/mol. The molecule has 0 aromatic carbocycles. The number of aryl methyl sites for hydroxylation is 1. The summed E-state index contributed by atoms with van der Waals surface area (Å²) in [7, 11) is 2.01. The van der Waals surface area contributed by atoms with E-state index in [1.54, 1.807) is 6.07 Å². The third-order valence-electron chi connectivity index (χ3n) is 4.04. The van der Waals surface area contributed by atoms with Crippen LogP contribution in [0.4, 0.5) is 0 Å². The average molecular weight is 279 g/mol. The van der Waals surface area contributed by atoms with Gasteiger partial charge < -0.3 is 10.1 Å². The van der Waals surface area contributed by atoms with Crippen LogP contribution >= 0.6 is 0 Å². The lowest BCUT2D eigenvalue weighted by molar-refractivity contribution is 0.0497. The summed E-state index contributed by atoms with van der Waals surface area (Å²) >= 11 is 0. The number of hydrogen-bond acceptors (Lipinski definition) is 4. The van der Waals surface area contributed by atoms with Crippen molar-refractivity contribution < 1.29 is 5.11 Å². The third-order valence-corrected chi connectivity index (χ3v) is 4.04. The summed E-state index contributed by atoms with van der Waals surface area (Å²) in [5.74, 6) is 1.05. The van der Waals surface area contributed by atoms with Gasteiger partial charge >= 0.3 is 0 Å². The molecule has 2 rings (SSSR count). The quantitative estimate of drug-likeness (QED) is 0.853. The lowest BCUT2D eigenvalue weighted by Gasteiger charge is -2.31. The first-order valence-electron chi connectivity index (χ1n) is 7.54. The number of nitrogens with one attached hydrogen (secondary N) is 1. The van der Waals surface area contributed by atoms with Crippen LogP contribution in [0.15, 0.2) is 10.9 Å². The zero-order valence-corrected chi connectivity index (χ0v) is 12.4. The van der Waals surface area contributed by atoms with Crippen LogP contribution in [0.1, 0.15) is 44.1 Å². The second-order valence-corrected chi connectivity index (χ2v) is 5.85. The highest BCUT2D eigenvalue weighted by Crippen LogP contribution is 2.25. The Labute approximate surface area is 120 Å². The van der Waals surface area contributed by atoms with Crippen LogP contribution in [0.2, 0.25) is 0 Å². The van der Waals surface area contributed by atoms with E-state index in [-0.39, 0.29) is 11.7 Å². The zero-order chi connectivity index (χ0) is 14.5. The van der Waals surface area contributed by atoms with Gasteiger partial charge in [0.2, 0.25) is 0 Å². The van der Waals surface area contributed by atoms with Crippen molar-refractivity contribution in [1.29, 1.82) is 0 Å². The van der Waals surface area contributed by atoms with Crippen molar-refractivity contribution >= 4 is 0 Å². The van der Waals surface area contributed by atoms with Gasteiger partial charge in [-0.3, -0.25) is 9.69 Å². The Kier molecular flexibility index (Phi) is 5.31. The summed E-state index contributed by atoms with van der Waals surface area (Å²) in [6, 6.07) is 1.55. The summed E-state index contributed by atoms with van der Waals surface area (Å²) in [4.78, 5) is 20.9. The minimum Gasteiger partial charge on any atom is -0.393 e. The highest BCUT2D eigenvalue weighted by Gasteiger charge is 2.24.